The number of carbonyl (C=O) groups is 1. The standard InChI is InChI=1S/C29H31N5O2/c35-28(11-6-16-34-22-30-27-10-5-4-9-26(27)29(34)36)31-24-12-14-25(15-13-24)33-19-17-32(18-20-33)21-23-7-2-1-3-8-23/h1-5,7-10,12-15,22H,6,11,16-21H2,(H,31,35). The van der Waals surface area contributed by atoms with Crippen molar-refractivity contribution in [2.45, 2.75) is 25.9 Å². The number of nitrogens with one attached hydrogen (secondary N) is 1. The molecule has 3 aromatic carbocycles. The summed E-state index contributed by atoms with van der Waals surface area (Å²) in [6.07, 6.45) is 2.46. The Hall–Kier alpha value is -3.97. The number of hydrogen-bond donors (Lipinski definition) is 1. The fourth-order valence-electron chi connectivity index (χ4n) is 4.66. The number of amides is 1. The number of nitrogens with zero attached hydrogens (tertiary/aromatic N) is 4. The molecule has 0 atom stereocenters. The maximum atomic E-state index is 12.6. The van der Waals surface area contributed by atoms with E-state index in [2.05, 4.69) is 62.6 Å². The molecule has 1 aliphatic heterocycles. The van der Waals surface area contributed by atoms with Gasteiger partial charge in [0.05, 0.1) is 17.2 Å². The van der Waals surface area contributed by atoms with Crippen molar-refractivity contribution in [2.75, 3.05) is 36.4 Å². The van der Waals surface area contributed by atoms with Crippen LogP contribution in [0.5, 0.6) is 0 Å². The van der Waals surface area contributed by atoms with Crippen LogP contribution in [-0.4, -0.2) is 46.5 Å². The Morgan fingerprint density at radius 2 is 1.58 bits per heavy atom. The van der Waals surface area contributed by atoms with Gasteiger partial charge in [-0.3, -0.25) is 19.1 Å². The molecule has 4 aromatic rings. The van der Waals surface area contributed by atoms with Gasteiger partial charge in [0.2, 0.25) is 5.91 Å². The molecule has 36 heavy (non-hydrogen) atoms. The monoisotopic (exact) mass is 481 g/mol. The van der Waals surface area contributed by atoms with Gasteiger partial charge in [-0.05, 0) is 48.4 Å². The maximum absolute atomic E-state index is 12.6. The number of fused-ring (bicyclic) bond motifs is 1. The van der Waals surface area contributed by atoms with Crippen LogP contribution in [-0.2, 0) is 17.9 Å². The largest absolute Gasteiger partial charge is 0.369 e. The van der Waals surface area contributed by atoms with Crippen molar-refractivity contribution in [3.05, 3.63) is 101 Å². The van der Waals surface area contributed by atoms with Crippen LogP contribution in [0.25, 0.3) is 10.9 Å². The van der Waals surface area contributed by atoms with E-state index in [1.807, 2.05) is 30.3 Å². The zero-order valence-electron chi connectivity index (χ0n) is 20.3. The normalized spacial score (nSPS) is 14.2. The minimum atomic E-state index is -0.0718. The Morgan fingerprint density at radius 3 is 2.36 bits per heavy atom. The molecule has 0 bridgehead atoms. The molecule has 1 amide bonds. The van der Waals surface area contributed by atoms with Crippen molar-refractivity contribution in [1.29, 1.82) is 0 Å². The Morgan fingerprint density at radius 1 is 0.861 bits per heavy atom. The molecule has 5 rings (SSSR count). The second-order valence-electron chi connectivity index (χ2n) is 9.21. The van der Waals surface area contributed by atoms with Crippen molar-refractivity contribution in [3.8, 4) is 0 Å². The molecule has 184 valence electrons. The third kappa shape index (κ3) is 5.80. The SMILES string of the molecule is O=C(CCCn1cnc2ccccc2c1=O)Nc1ccc(N2CCN(Cc3ccccc3)CC2)cc1. The Labute approximate surface area is 211 Å². The molecule has 1 aliphatic rings. The number of aromatic nitrogens is 2. The second-order valence-corrected chi connectivity index (χ2v) is 9.21. The van der Waals surface area contributed by atoms with E-state index in [9.17, 15) is 9.59 Å². The van der Waals surface area contributed by atoms with Crippen LogP contribution in [0, 0.1) is 0 Å². The Bertz CT molecular complexity index is 1360. The third-order valence-electron chi connectivity index (χ3n) is 6.67. The minimum absolute atomic E-state index is 0.0564. The van der Waals surface area contributed by atoms with E-state index in [-0.39, 0.29) is 11.5 Å². The number of carbonyl (C=O) groups excluding carboxylic acids is 1. The van der Waals surface area contributed by atoms with Gasteiger partial charge in [0.15, 0.2) is 0 Å². The van der Waals surface area contributed by atoms with E-state index in [0.717, 1.165) is 38.4 Å². The summed E-state index contributed by atoms with van der Waals surface area (Å²) in [5, 5.41) is 3.57. The zero-order valence-corrected chi connectivity index (χ0v) is 20.3. The smallest absolute Gasteiger partial charge is 0.261 e. The highest BCUT2D eigenvalue weighted by Gasteiger charge is 2.17. The molecular weight excluding hydrogens is 450 g/mol. The predicted octanol–water partition coefficient (Wildman–Crippen LogP) is 4.14. The lowest BCUT2D eigenvalue weighted by molar-refractivity contribution is -0.116. The van der Waals surface area contributed by atoms with Crippen LogP contribution < -0.4 is 15.8 Å². The molecule has 0 aliphatic carbocycles. The van der Waals surface area contributed by atoms with Gasteiger partial charge in [-0.1, -0.05) is 42.5 Å². The fourth-order valence-corrected chi connectivity index (χ4v) is 4.66. The minimum Gasteiger partial charge on any atom is -0.369 e. The molecule has 1 saturated heterocycles. The molecule has 1 fully saturated rings. The van der Waals surface area contributed by atoms with Crippen molar-refractivity contribution in [2.24, 2.45) is 0 Å². The average molecular weight is 482 g/mol. The first-order chi connectivity index (χ1) is 17.7. The number of rotatable bonds is 8. The van der Waals surface area contributed by atoms with Gasteiger partial charge < -0.3 is 10.2 Å². The molecule has 0 spiro atoms. The van der Waals surface area contributed by atoms with Gasteiger partial charge >= 0.3 is 0 Å². The van der Waals surface area contributed by atoms with Crippen molar-refractivity contribution in [3.63, 3.8) is 0 Å². The summed E-state index contributed by atoms with van der Waals surface area (Å²) in [6.45, 7) is 5.49. The summed E-state index contributed by atoms with van der Waals surface area (Å²) in [5.41, 5.74) is 3.94. The summed E-state index contributed by atoms with van der Waals surface area (Å²) >= 11 is 0. The van der Waals surface area contributed by atoms with Crippen molar-refractivity contribution >= 4 is 28.2 Å². The van der Waals surface area contributed by atoms with E-state index in [4.69, 9.17) is 0 Å². The first-order valence-corrected chi connectivity index (χ1v) is 12.5. The lowest BCUT2D eigenvalue weighted by atomic mass is 10.2. The van der Waals surface area contributed by atoms with E-state index >= 15 is 0 Å². The van der Waals surface area contributed by atoms with Gasteiger partial charge in [-0.25, -0.2) is 4.98 Å². The van der Waals surface area contributed by atoms with E-state index < -0.39 is 0 Å². The molecule has 7 heteroatoms. The van der Waals surface area contributed by atoms with Gasteiger partial charge in [-0.15, -0.1) is 0 Å². The molecule has 2 heterocycles. The quantitative estimate of drug-likeness (QED) is 0.410. The van der Waals surface area contributed by atoms with Crippen LogP contribution in [0.1, 0.15) is 18.4 Å². The summed E-state index contributed by atoms with van der Waals surface area (Å²) in [5.74, 6) is -0.0564. The highest BCUT2D eigenvalue weighted by atomic mass is 16.1. The van der Waals surface area contributed by atoms with Crippen LogP contribution in [0.3, 0.4) is 0 Å². The summed E-state index contributed by atoms with van der Waals surface area (Å²) in [6, 6.07) is 26.0. The van der Waals surface area contributed by atoms with Gasteiger partial charge in [0.1, 0.15) is 0 Å². The van der Waals surface area contributed by atoms with Crippen LogP contribution in [0.4, 0.5) is 11.4 Å². The molecule has 0 unspecified atom stereocenters. The van der Waals surface area contributed by atoms with Crippen molar-refractivity contribution < 1.29 is 4.79 Å². The second kappa shape index (κ2) is 11.2. The number of anilines is 2. The summed E-state index contributed by atoms with van der Waals surface area (Å²) < 4.78 is 1.57. The van der Waals surface area contributed by atoms with Gasteiger partial charge in [0.25, 0.3) is 5.56 Å². The molecule has 1 aromatic heterocycles. The van der Waals surface area contributed by atoms with Crippen LogP contribution >= 0.6 is 0 Å². The van der Waals surface area contributed by atoms with E-state index in [1.54, 1.807) is 17.0 Å². The van der Waals surface area contributed by atoms with Crippen molar-refractivity contribution in [1.82, 2.24) is 14.5 Å². The van der Waals surface area contributed by atoms with E-state index in [1.165, 1.54) is 11.3 Å². The molecule has 0 radical (unpaired) electrons. The number of piperazine rings is 1. The summed E-state index contributed by atoms with van der Waals surface area (Å²) in [4.78, 5) is 34.2. The first kappa shape index (κ1) is 23.8. The lowest BCUT2D eigenvalue weighted by Crippen LogP contribution is -2.45. The van der Waals surface area contributed by atoms with Crippen LogP contribution in [0.2, 0.25) is 0 Å². The highest BCUT2D eigenvalue weighted by molar-refractivity contribution is 5.90. The first-order valence-electron chi connectivity index (χ1n) is 12.5. The highest BCUT2D eigenvalue weighted by Crippen LogP contribution is 2.20. The molecule has 7 nitrogen and oxygen atoms in total. The van der Waals surface area contributed by atoms with Crippen LogP contribution in [0.15, 0.2) is 90.0 Å². The lowest BCUT2D eigenvalue weighted by Gasteiger charge is -2.36. The Balaban J connectivity index is 1.07. The number of hydrogen-bond acceptors (Lipinski definition) is 5. The molecule has 0 saturated carbocycles. The third-order valence-corrected chi connectivity index (χ3v) is 6.67. The number of aryl methyl sites for hydroxylation is 1. The fraction of sp³-hybridized carbons (Fsp3) is 0.276. The molecule has 1 N–H and O–H groups in total. The number of benzene rings is 3. The average Bonchev–Trinajstić information content (AvgIpc) is 2.92. The summed E-state index contributed by atoms with van der Waals surface area (Å²) in [7, 11) is 0. The predicted molar refractivity (Wildman–Crippen MR) is 144 cm³/mol. The maximum Gasteiger partial charge on any atom is 0.261 e. The van der Waals surface area contributed by atoms with Gasteiger partial charge in [-0.2, -0.15) is 0 Å². The number of para-hydroxylation sites is 1. The topological polar surface area (TPSA) is 70.5 Å². The zero-order chi connectivity index (χ0) is 24.7. The molecular formula is C29H31N5O2. The Kier molecular flexibility index (Phi) is 7.38. The van der Waals surface area contributed by atoms with Gasteiger partial charge in [0, 0.05) is 57.1 Å². The van der Waals surface area contributed by atoms with E-state index in [0.29, 0.717) is 30.3 Å².